The fourth-order valence-corrected chi connectivity index (χ4v) is 2.75. The van der Waals surface area contributed by atoms with E-state index in [0.29, 0.717) is 27.9 Å². The lowest BCUT2D eigenvalue weighted by Gasteiger charge is -2.13. The number of hydrogen-bond donors (Lipinski definition) is 1. The van der Waals surface area contributed by atoms with E-state index in [-0.39, 0.29) is 5.91 Å². The number of aromatic nitrogens is 1. The summed E-state index contributed by atoms with van der Waals surface area (Å²) >= 11 is 6.10. The van der Waals surface area contributed by atoms with Gasteiger partial charge in [-0.2, -0.15) is 0 Å². The Bertz CT molecular complexity index is 850. The number of nitrogens with zero attached hydrogens (tertiary/aromatic N) is 1. The maximum atomic E-state index is 12.7. The van der Waals surface area contributed by atoms with Crippen LogP contribution < -0.4 is 5.32 Å². The Morgan fingerprint density at radius 3 is 2.70 bits per heavy atom. The smallest absolute Gasteiger partial charge is 0.236 e. The van der Waals surface area contributed by atoms with Crippen molar-refractivity contribution in [2.45, 2.75) is 18.3 Å². The van der Waals surface area contributed by atoms with Crippen LogP contribution in [0.4, 0.5) is 5.69 Å². The number of carbonyl (C=O) groups is 1. The minimum absolute atomic E-state index is 0.120. The number of benzene rings is 1. The van der Waals surface area contributed by atoms with Gasteiger partial charge in [-0.15, -0.1) is 0 Å². The molecule has 0 radical (unpaired) electrons. The summed E-state index contributed by atoms with van der Waals surface area (Å²) in [7, 11) is 0. The van der Waals surface area contributed by atoms with Gasteiger partial charge in [-0.25, -0.2) is 0 Å². The summed E-state index contributed by atoms with van der Waals surface area (Å²) in [5.41, 5.74) is 0.571. The molecule has 1 N–H and O–H groups in total. The molecule has 0 bridgehead atoms. The van der Waals surface area contributed by atoms with Crippen molar-refractivity contribution in [2.75, 3.05) is 5.32 Å². The van der Waals surface area contributed by atoms with E-state index in [0.717, 1.165) is 12.8 Å². The fraction of sp³-hybridized carbons (Fsp3) is 0.176. The molecule has 4 rings (SSSR count). The quantitative estimate of drug-likeness (QED) is 0.777. The summed E-state index contributed by atoms with van der Waals surface area (Å²) in [6.45, 7) is 0. The van der Waals surface area contributed by atoms with Crippen LogP contribution in [0.2, 0.25) is 5.02 Å². The van der Waals surface area contributed by atoms with E-state index in [1.807, 2.05) is 12.1 Å². The lowest BCUT2D eigenvalue weighted by Crippen LogP contribution is -2.28. The van der Waals surface area contributed by atoms with Crippen LogP contribution in [0.1, 0.15) is 18.5 Å². The highest BCUT2D eigenvalue weighted by Crippen LogP contribution is 2.49. The third-order valence-electron chi connectivity index (χ3n) is 4.07. The highest BCUT2D eigenvalue weighted by atomic mass is 35.5. The van der Waals surface area contributed by atoms with Crippen molar-refractivity contribution in [3.8, 4) is 11.5 Å². The minimum atomic E-state index is -0.645. The third-order valence-corrected chi connectivity index (χ3v) is 4.40. The zero-order valence-electron chi connectivity index (χ0n) is 12.1. The van der Waals surface area contributed by atoms with Crippen molar-refractivity contribution in [1.29, 1.82) is 0 Å². The zero-order chi connectivity index (χ0) is 15.9. The van der Waals surface area contributed by atoms with Crippen LogP contribution in [0.15, 0.2) is 57.7 Å². The summed E-state index contributed by atoms with van der Waals surface area (Å²) in [6.07, 6.45) is 3.02. The number of rotatable bonds is 4. The fourth-order valence-electron chi connectivity index (χ4n) is 2.56. The molecular formula is C17H13ClN2O3. The second-order valence-electron chi connectivity index (χ2n) is 5.57. The van der Waals surface area contributed by atoms with E-state index < -0.39 is 5.41 Å². The van der Waals surface area contributed by atoms with E-state index in [1.54, 1.807) is 36.6 Å². The molecule has 0 atom stereocenters. The predicted molar refractivity (Wildman–Crippen MR) is 85.2 cm³/mol. The molecule has 1 aromatic carbocycles. The molecule has 6 heteroatoms. The molecule has 2 heterocycles. The molecule has 2 aromatic heterocycles. The van der Waals surface area contributed by atoms with Crippen LogP contribution in [0.5, 0.6) is 0 Å². The van der Waals surface area contributed by atoms with Crippen LogP contribution in [-0.2, 0) is 10.2 Å². The topological polar surface area (TPSA) is 68.3 Å². The minimum Gasteiger partial charge on any atom is -0.461 e. The van der Waals surface area contributed by atoms with Crippen LogP contribution in [0.25, 0.3) is 11.5 Å². The van der Waals surface area contributed by atoms with E-state index in [1.165, 1.54) is 0 Å². The number of furan rings is 1. The van der Waals surface area contributed by atoms with Gasteiger partial charge in [0, 0.05) is 6.07 Å². The van der Waals surface area contributed by atoms with Gasteiger partial charge in [-0.05, 0) is 37.1 Å². The van der Waals surface area contributed by atoms with Crippen molar-refractivity contribution in [2.24, 2.45) is 0 Å². The van der Waals surface area contributed by atoms with Crippen molar-refractivity contribution in [3.63, 3.8) is 0 Å². The van der Waals surface area contributed by atoms with Crippen molar-refractivity contribution >= 4 is 23.2 Å². The number of carbonyl (C=O) groups excluding carboxylic acids is 1. The summed E-state index contributed by atoms with van der Waals surface area (Å²) in [5.74, 6) is 0.984. The van der Waals surface area contributed by atoms with Gasteiger partial charge in [0.15, 0.2) is 5.76 Å². The molecule has 116 valence electrons. The molecule has 0 unspecified atom stereocenters. The molecule has 1 aliphatic carbocycles. The lowest BCUT2D eigenvalue weighted by molar-refractivity contribution is -0.118. The maximum absolute atomic E-state index is 12.7. The first kappa shape index (κ1) is 14.1. The van der Waals surface area contributed by atoms with E-state index >= 15 is 0 Å². The summed E-state index contributed by atoms with van der Waals surface area (Å²) in [4.78, 5) is 12.7. The number of anilines is 1. The van der Waals surface area contributed by atoms with Crippen LogP contribution in [0.3, 0.4) is 0 Å². The molecule has 0 saturated heterocycles. The van der Waals surface area contributed by atoms with Gasteiger partial charge in [0.2, 0.25) is 11.7 Å². The Morgan fingerprint density at radius 1 is 1.17 bits per heavy atom. The number of hydrogen-bond acceptors (Lipinski definition) is 4. The normalized spacial score (nSPS) is 15.3. The Morgan fingerprint density at radius 2 is 2.00 bits per heavy atom. The number of para-hydroxylation sites is 1. The molecule has 0 spiro atoms. The number of nitrogens with one attached hydrogen (secondary N) is 1. The second-order valence-corrected chi connectivity index (χ2v) is 5.98. The van der Waals surface area contributed by atoms with E-state index in [4.69, 9.17) is 20.5 Å². The summed E-state index contributed by atoms with van der Waals surface area (Å²) in [6, 6.07) is 12.5. The monoisotopic (exact) mass is 328 g/mol. The Hall–Kier alpha value is -2.53. The van der Waals surface area contributed by atoms with Crippen molar-refractivity contribution < 1.29 is 13.7 Å². The SMILES string of the molecule is O=C(Nc1ccccc1Cl)C1(c2cc(-c3ccco3)on2)CC1. The molecule has 0 aliphatic heterocycles. The highest BCUT2D eigenvalue weighted by molar-refractivity contribution is 6.33. The van der Waals surface area contributed by atoms with Crippen molar-refractivity contribution in [3.05, 3.63) is 59.4 Å². The average Bonchev–Trinajstić information content (AvgIpc) is 2.99. The van der Waals surface area contributed by atoms with Gasteiger partial charge in [-0.3, -0.25) is 4.79 Å². The third kappa shape index (κ3) is 2.43. The molecule has 1 fully saturated rings. The van der Waals surface area contributed by atoms with Gasteiger partial charge in [0.25, 0.3) is 0 Å². The summed E-state index contributed by atoms with van der Waals surface area (Å²) < 4.78 is 10.6. The van der Waals surface area contributed by atoms with Gasteiger partial charge < -0.3 is 14.3 Å². The Kier molecular flexibility index (Phi) is 3.23. The molecule has 5 nitrogen and oxygen atoms in total. The molecule has 1 amide bonds. The Balaban J connectivity index is 1.59. The van der Waals surface area contributed by atoms with E-state index in [9.17, 15) is 4.79 Å². The molecule has 3 aromatic rings. The second kappa shape index (κ2) is 5.28. The summed E-state index contributed by atoms with van der Waals surface area (Å²) in [5, 5.41) is 7.45. The van der Waals surface area contributed by atoms with Gasteiger partial charge in [0.05, 0.1) is 28.1 Å². The van der Waals surface area contributed by atoms with E-state index in [2.05, 4.69) is 10.5 Å². The van der Waals surface area contributed by atoms with Crippen LogP contribution >= 0.6 is 11.6 Å². The zero-order valence-corrected chi connectivity index (χ0v) is 12.8. The van der Waals surface area contributed by atoms with Crippen molar-refractivity contribution in [1.82, 2.24) is 5.16 Å². The first-order chi connectivity index (χ1) is 11.2. The van der Waals surface area contributed by atoms with Gasteiger partial charge in [0.1, 0.15) is 0 Å². The molecule has 23 heavy (non-hydrogen) atoms. The standard InChI is InChI=1S/C17H13ClN2O3/c18-11-4-1-2-5-12(11)19-16(21)17(7-8-17)15-10-14(23-20-15)13-6-3-9-22-13/h1-6,9-10H,7-8H2,(H,19,21). The first-order valence-electron chi connectivity index (χ1n) is 7.26. The molecule has 1 saturated carbocycles. The maximum Gasteiger partial charge on any atom is 0.236 e. The predicted octanol–water partition coefficient (Wildman–Crippen LogP) is 4.26. The molecular weight excluding hydrogens is 316 g/mol. The van der Waals surface area contributed by atoms with Crippen LogP contribution in [-0.4, -0.2) is 11.1 Å². The molecule has 1 aliphatic rings. The average molecular weight is 329 g/mol. The lowest BCUT2D eigenvalue weighted by atomic mass is 10.0. The van der Waals surface area contributed by atoms with Gasteiger partial charge in [-0.1, -0.05) is 28.9 Å². The largest absolute Gasteiger partial charge is 0.461 e. The first-order valence-corrected chi connectivity index (χ1v) is 7.64. The van der Waals surface area contributed by atoms with Crippen LogP contribution in [0, 0.1) is 0 Å². The highest BCUT2D eigenvalue weighted by Gasteiger charge is 2.54. The van der Waals surface area contributed by atoms with Gasteiger partial charge >= 0.3 is 0 Å². The Labute approximate surface area is 137 Å². The number of halogens is 1. The number of amides is 1.